The maximum atomic E-state index is 10.8. The van der Waals surface area contributed by atoms with Gasteiger partial charge in [0.2, 0.25) is 0 Å². The van der Waals surface area contributed by atoms with E-state index in [1.165, 1.54) is 18.2 Å². The Morgan fingerprint density at radius 2 is 2.00 bits per heavy atom. The minimum absolute atomic E-state index is 0.261. The van der Waals surface area contributed by atoms with Crippen molar-refractivity contribution in [1.29, 1.82) is 0 Å². The number of ether oxygens (including phenoxy) is 2. The summed E-state index contributed by atoms with van der Waals surface area (Å²) in [5.74, 6) is 2.45. The molecule has 3 aliphatic rings. The minimum Gasteiger partial charge on any atom is -0.387 e. The van der Waals surface area contributed by atoms with Crippen LogP contribution >= 0.6 is 0 Å². The number of nitrogens with two attached hydrogens (primary N) is 1. The summed E-state index contributed by atoms with van der Waals surface area (Å²) in [6, 6.07) is 6.92. The maximum Gasteiger partial charge on any atom is 0.167 e. The third-order valence-electron chi connectivity index (χ3n) is 8.76. The van der Waals surface area contributed by atoms with E-state index in [-0.39, 0.29) is 5.82 Å². The standard InChI is InChI=1S/C27H34N8O4/c1-34(9-20-23(36)24(37)27(39-20)35-13-31-22-25(28)29-12-30-26(22)35)17-6-14(7-17)2-5-21-32-18-4-3-15(8-19(18)33-21)16-10-38-11-16/h3-4,8,12-14,16-17,20,23-24,27,36-37H,2,5-7,9-11H2,1H3,(H,32,33)(H2,28,29,30)/t14?,17?,20?,23-,24-,27-/m1/s1. The Kier molecular flexibility index (Phi) is 6.24. The fourth-order valence-electron chi connectivity index (χ4n) is 6.11. The van der Waals surface area contributed by atoms with Crippen LogP contribution in [0.1, 0.15) is 42.8 Å². The Morgan fingerprint density at radius 1 is 1.15 bits per heavy atom. The van der Waals surface area contributed by atoms with Gasteiger partial charge >= 0.3 is 0 Å². The first-order chi connectivity index (χ1) is 18.9. The van der Waals surface area contributed by atoms with Crippen molar-refractivity contribution < 1.29 is 19.7 Å². The van der Waals surface area contributed by atoms with Gasteiger partial charge < -0.3 is 35.3 Å². The molecule has 5 N–H and O–H groups in total. The number of aliphatic hydroxyl groups is 2. The van der Waals surface area contributed by atoms with Crippen LogP contribution in [-0.2, 0) is 15.9 Å². The van der Waals surface area contributed by atoms with Crippen molar-refractivity contribution in [3.05, 3.63) is 42.2 Å². The topological polar surface area (TPSA) is 160 Å². The highest BCUT2D eigenvalue weighted by molar-refractivity contribution is 5.81. The van der Waals surface area contributed by atoms with E-state index in [0.29, 0.717) is 35.6 Å². The van der Waals surface area contributed by atoms with Gasteiger partial charge in [-0.15, -0.1) is 0 Å². The van der Waals surface area contributed by atoms with E-state index in [0.717, 1.165) is 55.8 Å². The molecule has 1 saturated carbocycles. The molecular weight excluding hydrogens is 500 g/mol. The van der Waals surface area contributed by atoms with Crippen LogP contribution in [0, 0.1) is 5.92 Å². The average molecular weight is 535 g/mol. The van der Waals surface area contributed by atoms with E-state index in [2.05, 4.69) is 50.1 Å². The van der Waals surface area contributed by atoms with Crippen molar-refractivity contribution >= 4 is 28.0 Å². The van der Waals surface area contributed by atoms with Gasteiger partial charge in [-0.1, -0.05) is 6.07 Å². The highest BCUT2D eigenvalue weighted by atomic mass is 16.6. The molecule has 0 spiro atoms. The normalized spacial score (nSPS) is 29.3. The summed E-state index contributed by atoms with van der Waals surface area (Å²) in [6.45, 7) is 2.13. The van der Waals surface area contributed by atoms with Gasteiger partial charge in [-0.25, -0.2) is 19.9 Å². The number of nitrogen functional groups attached to an aromatic ring is 1. The summed E-state index contributed by atoms with van der Waals surface area (Å²) in [5, 5.41) is 21.5. The van der Waals surface area contributed by atoms with Crippen LogP contribution in [0.3, 0.4) is 0 Å². The van der Waals surface area contributed by atoms with Crippen molar-refractivity contribution in [2.24, 2.45) is 5.92 Å². The number of likely N-dealkylation sites (N-methyl/N-ethyl adjacent to an activating group) is 1. The second-order valence-electron chi connectivity index (χ2n) is 11.3. The largest absolute Gasteiger partial charge is 0.387 e. The highest BCUT2D eigenvalue weighted by Gasteiger charge is 2.45. The van der Waals surface area contributed by atoms with Gasteiger partial charge in [-0.05, 0) is 49.9 Å². The lowest BCUT2D eigenvalue weighted by Crippen LogP contribution is -2.47. The molecule has 12 nitrogen and oxygen atoms in total. The van der Waals surface area contributed by atoms with E-state index in [1.54, 1.807) is 4.57 Å². The molecule has 2 saturated heterocycles. The number of hydrogen-bond acceptors (Lipinski definition) is 10. The monoisotopic (exact) mass is 534 g/mol. The molecule has 5 heterocycles. The maximum absolute atomic E-state index is 10.8. The van der Waals surface area contributed by atoms with Gasteiger partial charge in [-0.3, -0.25) is 4.57 Å². The van der Waals surface area contributed by atoms with Crippen LogP contribution in [0.4, 0.5) is 5.82 Å². The molecule has 3 aromatic heterocycles. The molecule has 4 aromatic rings. The van der Waals surface area contributed by atoms with Gasteiger partial charge in [0.05, 0.1) is 30.6 Å². The number of H-pyrrole nitrogens is 1. The first-order valence-corrected chi connectivity index (χ1v) is 13.7. The number of aromatic nitrogens is 6. The second kappa shape index (κ2) is 9.79. The van der Waals surface area contributed by atoms with Crippen molar-refractivity contribution in [2.45, 2.75) is 62.2 Å². The molecular formula is C27H34N8O4. The van der Waals surface area contributed by atoms with Crippen molar-refractivity contribution in [1.82, 2.24) is 34.4 Å². The van der Waals surface area contributed by atoms with E-state index in [9.17, 15) is 10.2 Å². The van der Waals surface area contributed by atoms with Gasteiger partial charge in [0, 0.05) is 24.9 Å². The number of aryl methyl sites for hydroxylation is 1. The highest BCUT2D eigenvalue weighted by Crippen LogP contribution is 2.37. The van der Waals surface area contributed by atoms with Gasteiger partial charge in [-0.2, -0.15) is 0 Å². The molecule has 0 radical (unpaired) electrons. The first kappa shape index (κ1) is 24.9. The predicted octanol–water partition coefficient (Wildman–Crippen LogP) is 1.36. The second-order valence-corrected chi connectivity index (χ2v) is 11.3. The number of hydrogen-bond donors (Lipinski definition) is 4. The van der Waals surface area contributed by atoms with Gasteiger partial charge in [0.25, 0.3) is 0 Å². The lowest BCUT2D eigenvalue weighted by atomic mass is 9.76. The number of rotatable bonds is 8. The number of aliphatic hydroxyl groups excluding tert-OH is 2. The number of nitrogens with zero attached hydrogens (tertiary/aromatic N) is 6. The molecule has 4 atom stereocenters. The number of benzene rings is 1. The molecule has 1 aliphatic carbocycles. The van der Waals surface area contributed by atoms with Gasteiger partial charge in [0.1, 0.15) is 36.0 Å². The predicted molar refractivity (Wildman–Crippen MR) is 143 cm³/mol. The molecule has 7 rings (SSSR count). The Balaban J connectivity index is 0.915. The minimum atomic E-state index is -1.10. The smallest absolute Gasteiger partial charge is 0.167 e. The molecule has 206 valence electrons. The van der Waals surface area contributed by atoms with Crippen molar-refractivity contribution in [3.63, 3.8) is 0 Å². The van der Waals surface area contributed by atoms with Crippen LogP contribution in [0.2, 0.25) is 0 Å². The Morgan fingerprint density at radius 3 is 2.79 bits per heavy atom. The van der Waals surface area contributed by atoms with E-state index in [4.69, 9.17) is 20.2 Å². The summed E-state index contributed by atoms with van der Waals surface area (Å²) in [7, 11) is 2.06. The zero-order chi connectivity index (χ0) is 26.7. The molecule has 3 fully saturated rings. The fraction of sp³-hybridized carbons (Fsp3) is 0.556. The molecule has 1 unspecified atom stereocenters. The summed E-state index contributed by atoms with van der Waals surface area (Å²) in [5.41, 5.74) is 10.2. The Labute approximate surface area is 225 Å². The fourth-order valence-corrected chi connectivity index (χ4v) is 6.11. The quantitative estimate of drug-likeness (QED) is 0.260. The first-order valence-electron chi connectivity index (χ1n) is 13.7. The SMILES string of the molecule is CN(CC1O[C@@H](n2cnc3c(N)ncnc32)[C@H](O)[C@@H]1O)C1CC(CCc2nc3cc(C4COC4)ccc3[nH]2)C1. The Bertz CT molecular complexity index is 1480. The molecule has 1 aromatic carbocycles. The van der Waals surface area contributed by atoms with E-state index >= 15 is 0 Å². The number of fused-ring (bicyclic) bond motifs is 2. The number of aromatic amines is 1. The summed E-state index contributed by atoms with van der Waals surface area (Å²) < 4.78 is 13.1. The molecule has 39 heavy (non-hydrogen) atoms. The average Bonchev–Trinajstić information content (AvgIpc) is 3.54. The lowest BCUT2D eigenvalue weighted by molar-refractivity contribution is -0.0514. The van der Waals surface area contributed by atoms with Gasteiger partial charge in [0.15, 0.2) is 17.7 Å². The third-order valence-corrected chi connectivity index (χ3v) is 8.76. The van der Waals surface area contributed by atoms with Crippen molar-refractivity contribution in [2.75, 3.05) is 32.5 Å². The number of imidazole rings is 2. The summed E-state index contributed by atoms with van der Waals surface area (Å²) in [4.78, 5) is 23.0. The van der Waals surface area contributed by atoms with E-state index in [1.807, 2.05) is 0 Å². The molecule has 2 aliphatic heterocycles. The lowest BCUT2D eigenvalue weighted by Gasteiger charge is -2.42. The molecule has 0 bridgehead atoms. The summed E-state index contributed by atoms with van der Waals surface area (Å²) in [6.07, 6.45) is 3.64. The van der Waals surface area contributed by atoms with Crippen LogP contribution < -0.4 is 5.73 Å². The Hall–Kier alpha value is -3.16. The van der Waals surface area contributed by atoms with E-state index < -0.39 is 24.5 Å². The summed E-state index contributed by atoms with van der Waals surface area (Å²) >= 11 is 0. The molecule has 12 heteroatoms. The van der Waals surface area contributed by atoms with Crippen molar-refractivity contribution in [3.8, 4) is 0 Å². The zero-order valence-electron chi connectivity index (χ0n) is 21.8. The van der Waals surface area contributed by atoms with Crippen LogP contribution in [0.15, 0.2) is 30.9 Å². The zero-order valence-corrected chi connectivity index (χ0v) is 21.8. The molecule has 0 amide bonds. The third kappa shape index (κ3) is 4.45. The number of anilines is 1. The number of nitrogens with one attached hydrogen (secondary N) is 1. The van der Waals surface area contributed by atoms with Crippen LogP contribution in [-0.4, -0.2) is 95.8 Å². The van der Waals surface area contributed by atoms with Crippen LogP contribution in [0.5, 0.6) is 0 Å². The van der Waals surface area contributed by atoms with Crippen LogP contribution in [0.25, 0.3) is 22.2 Å².